The van der Waals surface area contributed by atoms with Crippen molar-refractivity contribution in [2.75, 3.05) is 18.5 Å². The van der Waals surface area contributed by atoms with Crippen LogP contribution in [0.3, 0.4) is 0 Å². The molecule has 2 N–H and O–H groups in total. The molecule has 0 saturated carbocycles. The standard InChI is InChI=1S/C18H20F2N2O3/c1-12(2)25-15-6-4-14(5-7-15)22-18(23)21-9-10-24-17-8-3-13(19)11-16(17)20/h3-8,11-12H,9-10H2,1-2H3,(H2,21,22,23). The first-order valence-electron chi connectivity index (χ1n) is 7.83. The van der Waals surface area contributed by atoms with Crippen molar-refractivity contribution in [1.29, 1.82) is 0 Å². The average molecular weight is 350 g/mol. The number of nitrogens with one attached hydrogen (secondary N) is 2. The van der Waals surface area contributed by atoms with E-state index in [-0.39, 0.29) is 25.0 Å². The first-order chi connectivity index (χ1) is 11.9. The van der Waals surface area contributed by atoms with Gasteiger partial charge in [-0.2, -0.15) is 0 Å². The fourth-order valence-corrected chi connectivity index (χ4v) is 1.98. The average Bonchev–Trinajstić information content (AvgIpc) is 2.54. The van der Waals surface area contributed by atoms with E-state index in [9.17, 15) is 13.6 Å². The maximum absolute atomic E-state index is 13.4. The zero-order chi connectivity index (χ0) is 18.2. The minimum absolute atomic E-state index is 0.0527. The highest BCUT2D eigenvalue weighted by molar-refractivity contribution is 5.89. The second-order valence-electron chi connectivity index (χ2n) is 5.50. The number of halogens is 2. The molecule has 7 heteroatoms. The van der Waals surface area contributed by atoms with Gasteiger partial charge in [-0.25, -0.2) is 13.6 Å². The van der Waals surface area contributed by atoms with E-state index in [0.717, 1.165) is 17.9 Å². The van der Waals surface area contributed by atoms with Crippen LogP contribution in [0.25, 0.3) is 0 Å². The van der Waals surface area contributed by atoms with Crippen LogP contribution >= 0.6 is 0 Å². The van der Waals surface area contributed by atoms with Gasteiger partial charge < -0.3 is 20.1 Å². The fraction of sp³-hybridized carbons (Fsp3) is 0.278. The smallest absolute Gasteiger partial charge is 0.319 e. The van der Waals surface area contributed by atoms with E-state index in [4.69, 9.17) is 9.47 Å². The number of amides is 2. The highest BCUT2D eigenvalue weighted by Crippen LogP contribution is 2.18. The molecule has 5 nitrogen and oxygen atoms in total. The van der Waals surface area contributed by atoms with Crippen molar-refractivity contribution in [3.63, 3.8) is 0 Å². The molecule has 0 heterocycles. The van der Waals surface area contributed by atoms with Gasteiger partial charge in [0.25, 0.3) is 0 Å². The first kappa shape index (κ1) is 18.5. The van der Waals surface area contributed by atoms with Gasteiger partial charge in [-0.15, -0.1) is 0 Å². The molecule has 0 aliphatic carbocycles. The van der Waals surface area contributed by atoms with Crippen LogP contribution in [0.2, 0.25) is 0 Å². The van der Waals surface area contributed by atoms with E-state index in [2.05, 4.69) is 10.6 Å². The highest BCUT2D eigenvalue weighted by atomic mass is 19.1. The molecule has 2 rings (SSSR count). The first-order valence-corrected chi connectivity index (χ1v) is 7.83. The lowest BCUT2D eigenvalue weighted by molar-refractivity contribution is 0.242. The molecule has 134 valence electrons. The van der Waals surface area contributed by atoms with Gasteiger partial charge in [0, 0.05) is 11.8 Å². The molecule has 0 unspecified atom stereocenters. The van der Waals surface area contributed by atoms with Crippen LogP contribution in [-0.4, -0.2) is 25.3 Å². The number of urea groups is 1. The Labute approximate surface area is 144 Å². The van der Waals surface area contributed by atoms with Crippen molar-refractivity contribution in [3.05, 3.63) is 54.1 Å². The number of hydrogen-bond acceptors (Lipinski definition) is 3. The maximum atomic E-state index is 13.4. The number of ether oxygens (including phenoxy) is 2. The fourth-order valence-electron chi connectivity index (χ4n) is 1.98. The monoisotopic (exact) mass is 350 g/mol. The molecule has 2 amide bonds. The third-order valence-corrected chi connectivity index (χ3v) is 3.02. The van der Waals surface area contributed by atoms with Gasteiger partial charge in [0.05, 0.1) is 12.6 Å². The van der Waals surface area contributed by atoms with Gasteiger partial charge in [0.1, 0.15) is 18.2 Å². The zero-order valence-electron chi connectivity index (χ0n) is 14.0. The number of anilines is 1. The summed E-state index contributed by atoms with van der Waals surface area (Å²) in [7, 11) is 0. The minimum atomic E-state index is -0.784. The Balaban J connectivity index is 1.71. The summed E-state index contributed by atoms with van der Waals surface area (Å²) in [6.07, 6.45) is 0.0769. The molecule has 0 aliphatic heterocycles. The number of carbonyl (C=O) groups excluding carboxylic acids is 1. The Bertz CT molecular complexity index is 706. The van der Waals surface area contributed by atoms with Gasteiger partial charge in [-0.3, -0.25) is 0 Å². The second kappa shape index (κ2) is 8.86. The second-order valence-corrected chi connectivity index (χ2v) is 5.50. The summed E-state index contributed by atoms with van der Waals surface area (Å²) >= 11 is 0. The van der Waals surface area contributed by atoms with Crippen LogP contribution in [0.5, 0.6) is 11.5 Å². The molecule has 25 heavy (non-hydrogen) atoms. The van der Waals surface area contributed by atoms with Crippen LogP contribution < -0.4 is 20.1 Å². The SMILES string of the molecule is CC(C)Oc1ccc(NC(=O)NCCOc2ccc(F)cc2F)cc1. The summed E-state index contributed by atoms with van der Waals surface area (Å²) in [5.74, 6) is -0.805. The molecule has 0 aliphatic rings. The molecule has 0 aromatic heterocycles. The van der Waals surface area contributed by atoms with E-state index in [1.54, 1.807) is 24.3 Å². The summed E-state index contributed by atoms with van der Waals surface area (Å²) in [4.78, 5) is 11.8. The third kappa shape index (κ3) is 6.29. The van der Waals surface area contributed by atoms with Crippen molar-refractivity contribution in [3.8, 4) is 11.5 Å². The van der Waals surface area contributed by atoms with Crippen molar-refractivity contribution in [2.45, 2.75) is 20.0 Å². The van der Waals surface area contributed by atoms with Crippen LogP contribution in [0.15, 0.2) is 42.5 Å². The lowest BCUT2D eigenvalue weighted by atomic mass is 10.3. The van der Waals surface area contributed by atoms with Gasteiger partial charge >= 0.3 is 6.03 Å². The molecule has 2 aromatic rings. The zero-order valence-corrected chi connectivity index (χ0v) is 14.0. The summed E-state index contributed by atoms with van der Waals surface area (Å²) in [5, 5.41) is 5.23. The topological polar surface area (TPSA) is 59.6 Å². The number of carbonyl (C=O) groups is 1. The van der Waals surface area contributed by atoms with E-state index in [0.29, 0.717) is 5.69 Å². The van der Waals surface area contributed by atoms with Crippen molar-refractivity contribution in [1.82, 2.24) is 5.32 Å². The van der Waals surface area contributed by atoms with Crippen molar-refractivity contribution < 1.29 is 23.0 Å². The molecule has 2 aromatic carbocycles. The molecule has 0 spiro atoms. The lowest BCUT2D eigenvalue weighted by Crippen LogP contribution is -2.32. The quantitative estimate of drug-likeness (QED) is 0.743. The number of benzene rings is 2. The molecule has 0 fully saturated rings. The van der Waals surface area contributed by atoms with E-state index >= 15 is 0 Å². The molecule has 0 atom stereocenters. The Morgan fingerprint density at radius 3 is 2.48 bits per heavy atom. The number of rotatable bonds is 7. The minimum Gasteiger partial charge on any atom is -0.491 e. The van der Waals surface area contributed by atoms with Crippen LogP contribution in [-0.2, 0) is 0 Å². The molecule has 0 bridgehead atoms. The molecular formula is C18H20F2N2O3. The van der Waals surface area contributed by atoms with Crippen LogP contribution in [0.1, 0.15) is 13.8 Å². The Hall–Kier alpha value is -2.83. The van der Waals surface area contributed by atoms with Crippen LogP contribution in [0.4, 0.5) is 19.3 Å². The molecule has 0 radical (unpaired) electrons. The summed E-state index contributed by atoms with van der Waals surface area (Å²) in [6, 6.07) is 9.59. The molecule has 0 saturated heterocycles. The van der Waals surface area contributed by atoms with E-state index < -0.39 is 17.7 Å². The predicted octanol–water partition coefficient (Wildman–Crippen LogP) is 3.95. The lowest BCUT2D eigenvalue weighted by Gasteiger charge is -2.11. The van der Waals surface area contributed by atoms with Crippen molar-refractivity contribution >= 4 is 11.7 Å². The van der Waals surface area contributed by atoms with E-state index in [1.807, 2.05) is 13.8 Å². The summed E-state index contributed by atoms with van der Waals surface area (Å²) in [5.41, 5.74) is 0.610. The van der Waals surface area contributed by atoms with E-state index in [1.165, 1.54) is 6.07 Å². The Kier molecular flexibility index (Phi) is 6.56. The summed E-state index contributed by atoms with van der Waals surface area (Å²) < 4.78 is 36.8. The highest BCUT2D eigenvalue weighted by Gasteiger charge is 2.06. The van der Waals surface area contributed by atoms with Gasteiger partial charge in [0.15, 0.2) is 11.6 Å². The number of hydrogen-bond donors (Lipinski definition) is 2. The molecular weight excluding hydrogens is 330 g/mol. The Morgan fingerprint density at radius 1 is 1.12 bits per heavy atom. The Morgan fingerprint density at radius 2 is 1.84 bits per heavy atom. The largest absolute Gasteiger partial charge is 0.491 e. The predicted molar refractivity (Wildman–Crippen MR) is 91.1 cm³/mol. The van der Waals surface area contributed by atoms with Gasteiger partial charge in [-0.1, -0.05) is 0 Å². The van der Waals surface area contributed by atoms with Crippen molar-refractivity contribution in [2.24, 2.45) is 0 Å². The maximum Gasteiger partial charge on any atom is 0.319 e. The summed E-state index contributed by atoms with van der Waals surface area (Å²) in [6.45, 7) is 4.08. The normalized spacial score (nSPS) is 10.4. The van der Waals surface area contributed by atoms with Gasteiger partial charge in [-0.05, 0) is 50.2 Å². The third-order valence-electron chi connectivity index (χ3n) is 3.02. The van der Waals surface area contributed by atoms with Crippen LogP contribution in [0, 0.1) is 11.6 Å². The van der Waals surface area contributed by atoms with Gasteiger partial charge in [0.2, 0.25) is 0 Å².